The largest absolute Gasteiger partial charge is 0.462 e. The zero-order valence-electron chi connectivity index (χ0n) is 14.6. The van der Waals surface area contributed by atoms with E-state index in [4.69, 9.17) is 29.2 Å². The van der Waals surface area contributed by atoms with Crippen molar-refractivity contribution in [3.05, 3.63) is 10.4 Å². The molecule has 12 heteroatoms. The lowest BCUT2D eigenvalue weighted by molar-refractivity contribution is -0.176. The minimum atomic E-state index is -1.34. The molecule has 0 radical (unpaired) electrons. The third-order valence-corrected chi connectivity index (χ3v) is 3.13. The van der Waals surface area contributed by atoms with Crippen LogP contribution in [-0.2, 0) is 42.9 Å². The Hall–Kier alpha value is -2.85. The molecule has 1 fully saturated rings. The fraction of sp³-hybridized carbons (Fsp3) is 0.714. The Morgan fingerprint density at radius 3 is 2.04 bits per heavy atom. The summed E-state index contributed by atoms with van der Waals surface area (Å²) in [6, 6.07) is 0. The van der Waals surface area contributed by atoms with Gasteiger partial charge < -0.3 is 23.7 Å². The first kappa shape index (κ1) is 21.2. The van der Waals surface area contributed by atoms with Gasteiger partial charge in [0.1, 0.15) is 12.7 Å². The van der Waals surface area contributed by atoms with Crippen LogP contribution < -0.4 is 0 Å². The smallest absolute Gasteiger partial charge is 0.303 e. The number of carbonyl (C=O) groups is 4. The maximum absolute atomic E-state index is 11.4. The number of ether oxygens (including phenoxy) is 5. The Kier molecular flexibility index (Phi) is 7.81. The maximum atomic E-state index is 11.4. The van der Waals surface area contributed by atoms with E-state index in [1.165, 1.54) is 0 Å². The zero-order valence-corrected chi connectivity index (χ0v) is 14.6. The van der Waals surface area contributed by atoms with Crippen LogP contribution in [0.25, 0.3) is 10.4 Å². The maximum Gasteiger partial charge on any atom is 0.303 e. The lowest BCUT2D eigenvalue weighted by Gasteiger charge is -2.27. The van der Waals surface area contributed by atoms with Crippen molar-refractivity contribution in [3.63, 3.8) is 0 Å². The van der Waals surface area contributed by atoms with E-state index in [1.807, 2.05) is 0 Å². The average molecular weight is 373 g/mol. The molecule has 1 rings (SSSR count). The topological polar surface area (TPSA) is 163 Å². The SMILES string of the molecule is CC(=O)OC[C@@H](OC(C)=O)[C@@H]1O[C@@H](N=[N+]=[N-])[C@H](OC(C)=O)[C@H]1OC(C)=O. The Labute approximate surface area is 148 Å². The number of esters is 4. The van der Waals surface area contributed by atoms with E-state index in [0.29, 0.717) is 0 Å². The third kappa shape index (κ3) is 6.22. The number of hydrogen-bond donors (Lipinski definition) is 0. The van der Waals surface area contributed by atoms with E-state index < -0.39 is 61.1 Å². The van der Waals surface area contributed by atoms with E-state index in [-0.39, 0.29) is 0 Å². The number of hydrogen-bond acceptors (Lipinski definition) is 10. The first-order valence-corrected chi connectivity index (χ1v) is 7.50. The van der Waals surface area contributed by atoms with Gasteiger partial charge in [0.2, 0.25) is 0 Å². The Morgan fingerprint density at radius 1 is 1.00 bits per heavy atom. The van der Waals surface area contributed by atoms with Gasteiger partial charge in [-0.1, -0.05) is 5.11 Å². The van der Waals surface area contributed by atoms with Crippen molar-refractivity contribution in [1.82, 2.24) is 0 Å². The molecule has 1 heterocycles. The Balaban J connectivity index is 3.20. The summed E-state index contributed by atoms with van der Waals surface area (Å²) in [5.41, 5.74) is 8.67. The molecule has 0 unspecified atom stereocenters. The first-order valence-electron chi connectivity index (χ1n) is 7.50. The van der Waals surface area contributed by atoms with Gasteiger partial charge in [-0.2, -0.15) is 0 Å². The molecule has 0 aromatic heterocycles. The van der Waals surface area contributed by atoms with Crippen LogP contribution in [0, 0.1) is 0 Å². The quantitative estimate of drug-likeness (QED) is 0.202. The van der Waals surface area contributed by atoms with Gasteiger partial charge in [0.15, 0.2) is 24.5 Å². The van der Waals surface area contributed by atoms with Gasteiger partial charge in [0.25, 0.3) is 0 Å². The first-order chi connectivity index (χ1) is 12.1. The summed E-state index contributed by atoms with van der Waals surface area (Å²) in [5, 5.41) is 3.36. The van der Waals surface area contributed by atoms with Gasteiger partial charge >= 0.3 is 23.9 Å². The third-order valence-electron chi connectivity index (χ3n) is 3.13. The molecule has 144 valence electrons. The molecular formula is C14H19N3O9. The van der Waals surface area contributed by atoms with Crippen LogP contribution in [0.1, 0.15) is 27.7 Å². The molecule has 5 atom stereocenters. The van der Waals surface area contributed by atoms with Crippen LogP contribution >= 0.6 is 0 Å². The lowest BCUT2D eigenvalue weighted by Crippen LogP contribution is -2.46. The van der Waals surface area contributed by atoms with E-state index in [9.17, 15) is 19.2 Å². The van der Waals surface area contributed by atoms with Crippen LogP contribution in [0.5, 0.6) is 0 Å². The van der Waals surface area contributed by atoms with Crippen molar-refractivity contribution in [2.24, 2.45) is 5.11 Å². The van der Waals surface area contributed by atoms with Gasteiger partial charge in [-0.3, -0.25) is 19.2 Å². The van der Waals surface area contributed by atoms with Crippen molar-refractivity contribution in [3.8, 4) is 0 Å². The lowest BCUT2D eigenvalue weighted by atomic mass is 10.1. The second-order valence-electron chi connectivity index (χ2n) is 5.29. The minimum Gasteiger partial charge on any atom is -0.462 e. The van der Waals surface area contributed by atoms with Crippen molar-refractivity contribution in [2.75, 3.05) is 6.61 Å². The molecule has 1 aliphatic rings. The second kappa shape index (κ2) is 9.59. The molecule has 1 saturated heterocycles. The summed E-state index contributed by atoms with van der Waals surface area (Å²) in [6.45, 7) is 4.07. The van der Waals surface area contributed by atoms with E-state index in [2.05, 4.69) is 10.0 Å². The molecule has 0 spiro atoms. The summed E-state index contributed by atoms with van der Waals surface area (Å²) >= 11 is 0. The van der Waals surface area contributed by atoms with Gasteiger partial charge in [-0.05, 0) is 5.53 Å². The van der Waals surface area contributed by atoms with Crippen molar-refractivity contribution >= 4 is 23.9 Å². The fourth-order valence-corrected chi connectivity index (χ4v) is 2.36. The zero-order chi connectivity index (χ0) is 19.9. The number of nitrogens with zero attached hydrogens (tertiary/aromatic N) is 3. The summed E-state index contributed by atoms with van der Waals surface area (Å²) in [6.07, 6.45) is -6.27. The molecule has 0 bridgehead atoms. The molecule has 0 amide bonds. The molecule has 0 aromatic rings. The standard InChI is InChI=1S/C14H19N3O9/c1-6(18)22-5-10(23-7(2)19)11-12(24-8(3)20)13(25-9(4)21)14(26-11)16-17-15/h10-14H,5H2,1-4H3/t10-,11+,12+,13-,14-/m1/s1. The van der Waals surface area contributed by atoms with E-state index in [1.54, 1.807) is 0 Å². The molecule has 0 saturated carbocycles. The van der Waals surface area contributed by atoms with Gasteiger partial charge in [0, 0.05) is 32.6 Å². The Bertz CT molecular complexity index is 617. The monoisotopic (exact) mass is 373 g/mol. The summed E-state index contributed by atoms with van der Waals surface area (Å²) in [4.78, 5) is 47.8. The highest BCUT2D eigenvalue weighted by molar-refractivity contribution is 5.68. The highest BCUT2D eigenvalue weighted by Gasteiger charge is 2.53. The predicted octanol–water partition coefficient (Wildman–Crippen LogP) is 0.380. The normalized spacial score (nSPS) is 25.4. The molecule has 0 aromatic carbocycles. The summed E-state index contributed by atoms with van der Waals surface area (Å²) in [7, 11) is 0. The van der Waals surface area contributed by atoms with Crippen LogP contribution in [0.4, 0.5) is 0 Å². The summed E-state index contributed by atoms with van der Waals surface area (Å²) < 4.78 is 25.6. The Morgan fingerprint density at radius 2 is 1.58 bits per heavy atom. The van der Waals surface area contributed by atoms with Crippen LogP contribution in [-0.4, -0.2) is 61.1 Å². The van der Waals surface area contributed by atoms with Gasteiger partial charge in [0.05, 0.1) is 0 Å². The van der Waals surface area contributed by atoms with Crippen molar-refractivity contribution in [2.45, 2.75) is 58.3 Å². The average Bonchev–Trinajstić information content (AvgIpc) is 2.80. The fourth-order valence-electron chi connectivity index (χ4n) is 2.36. The molecule has 0 N–H and O–H groups in total. The minimum absolute atomic E-state index is 0.410. The van der Waals surface area contributed by atoms with E-state index in [0.717, 1.165) is 27.7 Å². The number of rotatable bonds is 7. The van der Waals surface area contributed by atoms with Crippen LogP contribution in [0.2, 0.25) is 0 Å². The van der Waals surface area contributed by atoms with E-state index >= 15 is 0 Å². The molecule has 12 nitrogen and oxygen atoms in total. The highest BCUT2D eigenvalue weighted by atomic mass is 16.7. The van der Waals surface area contributed by atoms with Crippen molar-refractivity contribution in [1.29, 1.82) is 0 Å². The van der Waals surface area contributed by atoms with Crippen LogP contribution in [0.15, 0.2) is 5.11 Å². The van der Waals surface area contributed by atoms with Gasteiger partial charge in [-0.15, -0.1) is 0 Å². The highest BCUT2D eigenvalue weighted by Crippen LogP contribution is 2.31. The molecule has 0 aliphatic carbocycles. The van der Waals surface area contributed by atoms with Crippen molar-refractivity contribution < 1.29 is 42.9 Å². The number of azide groups is 1. The summed E-state index contributed by atoms with van der Waals surface area (Å²) in [5.74, 6) is -2.84. The van der Waals surface area contributed by atoms with Crippen LogP contribution in [0.3, 0.4) is 0 Å². The molecular weight excluding hydrogens is 354 g/mol. The molecule has 1 aliphatic heterocycles. The number of carbonyl (C=O) groups excluding carboxylic acids is 4. The van der Waals surface area contributed by atoms with Gasteiger partial charge in [-0.25, -0.2) is 0 Å². The predicted molar refractivity (Wildman–Crippen MR) is 81.1 cm³/mol. The molecule has 26 heavy (non-hydrogen) atoms. The second-order valence-corrected chi connectivity index (χ2v) is 5.29.